The Morgan fingerprint density at radius 1 is 1.28 bits per heavy atom. The molecular formula is C19H28N2O4. The maximum atomic E-state index is 11.9. The summed E-state index contributed by atoms with van der Waals surface area (Å²) in [6.45, 7) is 7.41. The van der Waals surface area contributed by atoms with Gasteiger partial charge in [0, 0.05) is 19.1 Å². The van der Waals surface area contributed by atoms with Gasteiger partial charge in [-0.25, -0.2) is 9.59 Å². The number of likely N-dealkylation sites (tertiary alicyclic amines) is 1. The zero-order valence-corrected chi connectivity index (χ0v) is 15.2. The van der Waals surface area contributed by atoms with E-state index in [2.05, 4.69) is 26.1 Å². The number of rotatable bonds is 4. The lowest BCUT2D eigenvalue weighted by Gasteiger charge is -2.44. The molecule has 0 spiro atoms. The minimum Gasteiger partial charge on any atom is -0.465 e. The Kier molecular flexibility index (Phi) is 6.28. The molecule has 1 saturated heterocycles. The summed E-state index contributed by atoms with van der Waals surface area (Å²) in [5.74, 6) is 0.254. The first-order chi connectivity index (χ1) is 11.8. The summed E-state index contributed by atoms with van der Waals surface area (Å²) in [4.78, 5) is 24.8. The van der Waals surface area contributed by atoms with Gasteiger partial charge in [-0.1, -0.05) is 51.1 Å². The molecular weight excluding hydrogens is 320 g/mol. The second-order valence-electron chi connectivity index (χ2n) is 7.69. The van der Waals surface area contributed by atoms with Gasteiger partial charge >= 0.3 is 12.2 Å². The summed E-state index contributed by atoms with van der Waals surface area (Å²) >= 11 is 0. The molecule has 1 aliphatic rings. The van der Waals surface area contributed by atoms with Gasteiger partial charge in [-0.2, -0.15) is 0 Å². The van der Waals surface area contributed by atoms with Gasteiger partial charge in [0.2, 0.25) is 0 Å². The fourth-order valence-corrected chi connectivity index (χ4v) is 3.28. The van der Waals surface area contributed by atoms with E-state index in [1.807, 2.05) is 30.3 Å². The highest BCUT2D eigenvalue weighted by atomic mass is 16.5. The van der Waals surface area contributed by atoms with Gasteiger partial charge in [0.15, 0.2) is 0 Å². The fourth-order valence-electron chi connectivity index (χ4n) is 3.28. The third kappa shape index (κ3) is 5.66. The van der Waals surface area contributed by atoms with Crippen molar-refractivity contribution in [3.05, 3.63) is 35.9 Å². The molecule has 6 nitrogen and oxygen atoms in total. The molecule has 138 valence electrons. The first-order valence-corrected chi connectivity index (χ1v) is 8.71. The molecule has 0 radical (unpaired) electrons. The van der Waals surface area contributed by atoms with E-state index in [1.165, 1.54) is 4.90 Å². The maximum absolute atomic E-state index is 11.9. The highest BCUT2D eigenvalue weighted by Crippen LogP contribution is 2.34. The Balaban J connectivity index is 1.80. The molecule has 1 fully saturated rings. The van der Waals surface area contributed by atoms with Gasteiger partial charge in [-0.05, 0) is 29.7 Å². The largest absolute Gasteiger partial charge is 0.465 e. The fraction of sp³-hybridized carbons (Fsp3) is 0.579. The smallest absolute Gasteiger partial charge is 0.407 e. The van der Waals surface area contributed by atoms with Crippen LogP contribution in [-0.2, 0) is 11.3 Å². The van der Waals surface area contributed by atoms with E-state index >= 15 is 0 Å². The predicted molar refractivity (Wildman–Crippen MR) is 95.3 cm³/mol. The SMILES string of the molecule is CC(C)(C)C1CC(CNC(=O)OCc2ccccc2)CCN1C(=O)O. The number of piperidine rings is 1. The molecule has 2 N–H and O–H groups in total. The molecule has 2 unspecified atom stereocenters. The van der Waals surface area contributed by atoms with Crippen LogP contribution in [0, 0.1) is 11.3 Å². The lowest BCUT2D eigenvalue weighted by atomic mass is 9.77. The number of amides is 2. The first kappa shape index (κ1) is 19.1. The van der Waals surface area contributed by atoms with Crippen LogP contribution in [0.25, 0.3) is 0 Å². The zero-order valence-electron chi connectivity index (χ0n) is 15.2. The van der Waals surface area contributed by atoms with E-state index in [9.17, 15) is 14.7 Å². The van der Waals surface area contributed by atoms with Crippen molar-refractivity contribution in [3.63, 3.8) is 0 Å². The molecule has 0 aliphatic carbocycles. The lowest BCUT2D eigenvalue weighted by molar-refractivity contribution is 0.0401. The molecule has 25 heavy (non-hydrogen) atoms. The molecule has 2 amide bonds. The maximum Gasteiger partial charge on any atom is 0.407 e. The molecule has 6 heteroatoms. The number of hydrogen-bond donors (Lipinski definition) is 2. The van der Waals surface area contributed by atoms with Crippen molar-refractivity contribution < 1.29 is 19.4 Å². The summed E-state index contributed by atoms with van der Waals surface area (Å²) in [6, 6.07) is 9.48. The first-order valence-electron chi connectivity index (χ1n) is 8.71. The molecule has 1 heterocycles. The minimum atomic E-state index is -0.867. The average Bonchev–Trinajstić information content (AvgIpc) is 2.58. The lowest BCUT2D eigenvalue weighted by Crippen LogP contribution is -2.52. The van der Waals surface area contributed by atoms with Gasteiger partial charge in [0.05, 0.1) is 0 Å². The number of nitrogens with one attached hydrogen (secondary N) is 1. The summed E-state index contributed by atoms with van der Waals surface area (Å²) < 4.78 is 5.22. The Hall–Kier alpha value is -2.24. The van der Waals surface area contributed by atoms with Crippen molar-refractivity contribution in [2.75, 3.05) is 13.1 Å². The van der Waals surface area contributed by atoms with Crippen molar-refractivity contribution >= 4 is 12.2 Å². The predicted octanol–water partition coefficient (Wildman–Crippen LogP) is 3.72. The molecule has 2 atom stereocenters. The van der Waals surface area contributed by atoms with Gasteiger partial charge < -0.3 is 20.1 Å². The van der Waals surface area contributed by atoms with E-state index in [0.717, 1.165) is 18.4 Å². The second kappa shape index (κ2) is 8.23. The molecule has 0 aromatic heterocycles. The van der Waals surface area contributed by atoms with Crippen molar-refractivity contribution in [1.82, 2.24) is 10.2 Å². The average molecular weight is 348 g/mol. The number of carbonyl (C=O) groups excluding carboxylic acids is 1. The Morgan fingerprint density at radius 3 is 2.56 bits per heavy atom. The summed E-state index contributed by atoms with van der Waals surface area (Å²) in [6.07, 6.45) is 0.192. The van der Waals surface area contributed by atoms with Crippen LogP contribution >= 0.6 is 0 Å². The summed E-state index contributed by atoms with van der Waals surface area (Å²) in [5, 5.41) is 12.2. The van der Waals surface area contributed by atoms with E-state index in [1.54, 1.807) is 0 Å². The van der Waals surface area contributed by atoms with Crippen molar-refractivity contribution in [2.24, 2.45) is 11.3 Å². The topological polar surface area (TPSA) is 78.9 Å². The molecule has 0 bridgehead atoms. The summed E-state index contributed by atoms with van der Waals surface area (Å²) in [7, 11) is 0. The molecule has 1 aromatic rings. The monoisotopic (exact) mass is 348 g/mol. The number of carbonyl (C=O) groups is 2. The van der Waals surface area contributed by atoms with Crippen LogP contribution in [0.3, 0.4) is 0 Å². The van der Waals surface area contributed by atoms with E-state index < -0.39 is 12.2 Å². The second-order valence-corrected chi connectivity index (χ2v) is 7.69. The van der Waals surface area contributed by atoms with Crippen molar-refractivity contribution in [3.8, 4) is 0 Å². The summed E-state index contributed by atoms with van der Waals surface area (Å²) in [5.41, 5.74) is 0.811. The van der Waals surface area contributed by atoms with Crippen LogP contribution in [0.5, 0.6) is 0 Å². The number of nitrogens with zero attached hydrogens (tertiary/aromatic N) is 1. The number of ether oxygens (including phenoxy) is 1. The number of alkyl carbamates (subject to hydrolysis) is 1. The standard InChI is InChI=1S/C19H28N2O4/c1-19(2,3)16-11-15(9-10-21(16)18(23)24)12-20-17(22)25-13-14-7-5-4-6-8-14/h4-8,15-16H,9-13H2,1-3H3,(H,20,22)(H,23,24). The Morgan fingerprint density at radius 2 is 1.96 bits per heavy atom. The molecule has 1 aromatic carbocycles. The van der Waals surface area contributed by atoms with Crippen LogP contribution in [-0.4, -0.2) is 41.3 Å². The van der Waals surface area contributed by atoms with Crippen LogP contribution in [0.4, 0.5) is 9.59 Å². The molecule has 1 aliphatic heterocycles. The van der Waals surface area contributed by atoms with E-state index in [0.29, 0.717) is 13.1 Å². The van der Waals surface area contributed by atoms with Crippen LogP contribution in [0.1, 0.15) is 39.2 Å². The quantitative estimate of drug-likeness (QED) is 0.869. The third-order valence-corrected chi connectivity index (χ3v) is 4.70. The van der Waals surface area contributed by atoms with Gasteiger partial charge in [-0.15, -0.1) is 0 Å². The molecule has 0 saturated carbocycles. The van der Waals surface area contributed by atoms with E-state index in [-0.39, 0.29) is 24.0 Å². The van der Waals surface area contributed by atoms with Crippen molar-refractivity contribution in [1.29, 1.82) is 0 Å². The van der Waals surface area contributed by atoms with Gasteiger partial charge in [0.1, 0.15) is 6.61 Å². The Labute approximate surface area is 149 Å². The van der Waals surface area contributed by atoms with Gasteiger partial charge in [0.25, 0.3) is 0 Å². The third-order valence-electron chi connectivity index (χ3n) is 4.70. The van der Waals surface area contributed by atoms with E-state index in [4.69, 9.17) is 4.74 Å². The number of hydrogen-bond acceptors (Lipinski definition) is 3. The number of benzene rings is 1. The van der Waals surface area contributed by atoms with Crippen LogP contribution < -0.4 is 5.32 Å². The normalized spacial score (nSPS) is 20.8. The molecule has 2 rings (SSSR count). The van der Waals surface area contributed by atoms with Gasteiger partial charge in [-0.3, -0.25) is 0 Å². The Bertz CT molecular complexity index is 583. The number of carboxylic acid groups (broad SMARTS) is 1. The zero-order chi connectivity index (χ0) is 18.4. The minimum absolute atomic E-state index is 0.0501. The van der Waals surface area contributed by atoms with Crippen LogP contribution in [0.15, 0.2) is 30.3 Å². The van der Waals surface area contributed by atoms with Crippen molar-refractivity contribution in [2.45, 2.75) is 46.3 Å². The van der Waals surface area contributed by atoms with Crippen LogP contribution in [0.2, 0.25) is 0 Å². The highest BCUT2D eigenvalue weighted by molar-refractivity contribution is 5.67. The highest BCUT2D eigenvalue weighted by Gasteiger charge is 2.38.